The second kappa shape index (κ2) is 6.20. The van der Waals surface area contributed by atoms with E-state index in [0.29, 0.717) is 6.07 Å². The molecule has 3 aromatic rings. The number of halogens is 4. The lowest BCUT2D eigenvalue weighted by Gasteiger charge is -2.14. The Labute approximate surface area is 144 Å². The highest BCUT2D eigenvalue weighted by atomic mass is 19.4. The van der Waals surface area contributed by atoms with Crippen molar-refractivity contribution in [2.24, 2.45) is 0 Å². The van der Waals surface area contributed by atoms with Gasteiger partial charge in [0.15, 0.2) is 5.52 Å². The number of rotatable bonds is 3. The van der Waals surface area contributed by atoms with Crippen LogP contribution in [0.1, 0.15) is 41.3 Å². The van der Waals surface area contributed by atoms with E-state index in [-0.39, 0.29) is 28.4 Å². The average molecular weight is 370 g/mol. The maximum atomic E-state index is 14.3. The third kappa shape index (κ3) is 2.96. The summed E-state index contributed by atoms with van der Waals surface area (Å²) in [5.74, 6) is -1.45. The molecule has 0 saturated heterocycles. The Kier molecular flexibility index (Phi) is 4.31. The standard InChI is InChI=1S/C16H14F4N4O2/c1-7(10-4-3-9(5-11(10)17)16(18,19)20)14-22-12(6-25)13-15(26)21-8(2)23-24(13)14/h3-5,7,25H,6H2,1-2H3,(H,21,23,26)/t7-/m0/s1. The van der Waals surface area contributed by atoms with E-state index in [1.165, 1.54) is 18.4 Å². The molecule has 2 heterocycles. The van der Waals surface area contributed by atoms with Gasteiger partial charge in [0.2, 0.25) is 0 Å². The summed E-state index contributed by atoms with van der Waals surface area (Å²) in [4.78, 5) is 18.7. The summed E-state index contributed by atoms with van der Waals surface area (Å²) in [5.41, 5.74) is -1.60. The molecule has 0 unspecified atom stereocenters. The first-order valence-corrected chi connectivity index (χ1v) is 7.59. The first-order chi connectivity index (χ1) is 12.1. The van der Waals surface area contributed by atoms with Crippen molar-refractivity contribution in [2.75, 3.05) is 0 Å². The number of H-pyrrole nitrogens is 1. The Bertz CT molecular complexity index is 1040. The highest BCUT2D eigenvalue weighted by Gasteiger charge is 2.32. The molecule has 26 heavy (non-hydrogen) atoms. The molecule has 0 saturated carbocycles. The van der Waals surface area contributed by atoms with E-state index in [2.05, 4.69) is 15.1 Å². The lowest BCUT2D eigenvalue weighted by molar-refractivity contribution is -0.137. The van der Waals surface area contributed by atoms with Crippen LogP contribution < -0.4 is 5.56 Å². The van der Waals surface area contributed by atoms with Gasteiger partial charge in [-0.15, -0.1) is 0 Å². The van der Waals surface area contributed by atoms with Crippen LogP contribution in [0.15, 0.2) is 23.0 Å². The van der Waals surface area contributed by atoms with E-state index >= 15 is 0 Å². The molecule has 1 atom stereocenters. The minimum absolute atomic E-state index is 0.00673. The van der Waals surface area contributed by atoms with Crippen LogP contribution in [0.5, 0.6) is 0 Å². The second-order valence-corrected chi connectivity index (χ2v) is 5.83. The number of imidazole rings is 1. The van der Waals surface area contributed by atoms with E-state index in [9.17, 15) is 27.5 Å². The van der Waals surface area contributed by atoms with Crippen molar-refractivity contribution in [1.29, 1.82) is 0 Å². The normalized spacial score (nSPS) is 13.3. The van der Waals surface area contributed by atoms with Gasteiger partial charge in [0.1, 0.15) is 17.5 Å². The molecule has 1 aromatic carbocycles. The van der Waals surface area contributed by atoms with Crippen LogP contribution in [0.3, 0.4) is 0 Å². The predicted octanol–water partition coefficient (Wildman–Crippen LogP) is 2.53. The summed E-state index contributed by atoms with van der Waals surface area (Å²) >= 11 is 0. The number of nitrogens with one attached hydrogen (secondary N) is 1. The average Bonchev–Trinajstić information content (AvgIpc) is 2.92. The lowest BCUT2D eigenvalue weighted by atomic mass is 9.98. The number of hydrogen-bond donors (Lipinski definition) is 2. The predicted molar refractivity (Wildman–Crippen MR) is 83.2 cm³/mol. The van der Waals surface area contributed by atoms with E-state index in [1.54, 1.807) is 0 Å². The topological polar surface area (TPSA) is 83.3 Å². The van der Waals surface area contributed by atoms with Crippen molar-refractivity contribution in [3.05, 3.63) is 62.8 Å². The van der Waals surface area contributed by atoms with Crippen molar-refractivity contribution >= 4 is 5.52 Å². The van der Waals surface area contributed by atoms with Crippen molar-refractivity contribution in [3.63, 3.8) is 0 Å². The third-order valence-electron chi connectivity index (χ3n) is 4.04. The SMILES string of the molecule is Cc1nn2c([C@@H](C)c3ccc(C(F)(F)F)cc3F)nc(CO)c2c(=O)[nH]1. The van der Waals surface area contributed by atoms with Gasteiger partial charge in [0.05, 0.1) is 17.9 Å². The van der Waals surface area contributed by atoms with Crippen LogP contribution >= 0.6 is 0 Å². The van der Waals surface area contributed by atoms with Crippen molar-refractivity contribution in [1.82, 2.24) is 19.6 Å². The van der Waals surface area contributed by atoms with Gasteiger partial charge in [-0.2, -0.15) is 18.3 Å². The Balaban J connectivity index is 2.17. The number of aromatic amines is 1. The molecule has 138 valence electrons. The highest BCUT2D eigenvalue weighted by molar-refractivity contribution is 5.51. The fourth-order valence-electron chi connectivity index (χ4n) is 2.79. The zero-order chi connectivity index (χ0) is 19.2. The summed E-state index contributed by atoms with van der Waals surface area (Å²) in [5, 5.41) is 13.5. The monoisotopic (exact) mass is 370 g/mol. The Morgan fingerprint density at radius 1 is 1.35 bits per heavy atom. The Hall–Kier alpha value is -2.75. The first-order valence-electron chi connectivity index (χ1n) is 7.59. The largest absolute Gasteiger partial charge is 0.416 e. The van der Waals surface area contributed by atoms with Gasteiger partial charge in [-0.05, 0) is 24.6 Å². The molecule has 3 rings (SSSR count). The number of benzene rings is 1. The molecule has 0 aliphatic heterocycles. The van der Waals surface area contributed by atoms with Gasteiger partial charge in [-0.25, -0.2) is 13.9 Å². The van der Waals surface area contributed by atoms with Gasteiger partial charge >= 0.3 is 6.18 Å². The van der Waals surface area contributed by atoms with E-state index in [4.69, 9.17) is 0 Å². The van der Waals surface area contributed by atoms with Crippen LogP contribution in [-0.4, -0.2) is 24.7 Å². The summed E-state index contributed by atoms with van der Waals surface area (Å²) in [6.45, 7) is 2.52. The van der Waals surface area contributed by atoms with Crippen LogP contribution in [0, 0.1) is 12.7 Å². The number of aliphatic hydroxyl groups excluding tert-OH is 1. The number of hydrogen-bond acceptors (Lipinski definition) is 4. The molecule has 2 N–H and O–H groups in total. The number of alkyl halides is 3. The summed E-state index contributed by atoms with van der Waals surface area (Å²) in [7, 11) is 0. The van der Waals surface area contributed by atoms with E-state index in [1.807, 2.05) is 0 Å². The molecule has 10 heteroatoms. The van der Waals surface area contributed by atoms with Crippen LogP contribution in [-0.2, 0) is 12.8 Å². The van der Waals surface area contributed by atoms with Crippen LogP contribution in [0.25, 0.3) is 5.52 Å². The van der Waals surface area contributed by atoms with Crippen LogP contribution in [0.4, 0.5) is 17.6 Å². The molecule has 0 radical (unpaired) electrons. The minimum Gasteiger partial charge on any atom is -0.390 e. The van der Waals surface area contributed by atoms with E-state index in [0.717, 1.165) is 12.1 Å². The number of aliphatic hydroxyl groups is 1. The molecule has 0 fully saturated rings. The molecule has 2 aromatic heterocycles. The zero-order valence-electron chi connectivity index (χ0n) is 13.7. The molecule has 6 nitrogen and oxygen atoms in total. The number of aromatic nitrogens is 4. The summed E-state index contributed by atoms with van der Waals surface area (Å²) < 4.78 is 53.6. The van der Waals surface area contributed by atoms with Gasteiger partial charge < -0.3 is 10.1 Å². The maximum Gasteiger partial charge on any atom is 0.416 e. The molecule has 0 spiro atoms. The summed E-state index contributed by atoms with van der Waals surface area (Å²) in [6, 6.07) is 2.23. The molecule has 0 aliphatic carbocycles. The number of nitrogens with zero attached hydrogens (tertiary/aromatic N) is 3. The van der Waals surface area contributed by atoms with E-state index < -0.39 is 35.6 Å². The van der Waals surface area contributed by atoms with Crippen molar-refractivity contribution in [3.8, 4) is 0 Å². The maximum absolute atomic E-state index is 14.3. The first kappa shape index (κ1) is 18.1. The lowest BCUT2D eigenvalue weighted by Crippen LogP contribution is -2.17. The smallest absolute Gasteiger partial charge is 0.390 e. The molecule has 0 aliphatic rings. The molecular formula is C16H14F4N4O2. The quantitative estimate of drug-likeness (QED) is 0.694. The number of fused-ring (bicyclic) bond motifs is 1. The summed E-state index contributed by atoms with van der Waals surface area (Å²) in [6.07, 6.45) is -4.65. The third-order valence-corrected chi connectivity index (χ3v) is 4.04. The molecular weight excluding hydrogens is 356 g/mol. The van der Waals surface area contributed by atoms with Gasteiger partial charge in [-0.3, -0.25) is 4.79 Å². The Morgan fingerprint density at radius 2 is 2.04 bits per heavy atom. The van der Waals surface area contributed by atoms with Gasteiger partial charge in [0, 0.05) is 5.92 Å². The fraction of sp³-hybridized carbons (Fsp3) is 0.312. The van der Waals surface area contributed by atoms with Crippen molar-refractivity contribution < 1.29 is 22.7 Å². The van der Waals surface area contributed by atoms with Gasteiger partial charge in [-0.1, -0.05) is 13.0 Å². The molecule has 0 amide bonds. The minimum atomic E-state index is -4.65. The molecule has 0 bridgehead atoms. The second-order valence-electron chi connectivity index (χ2n) is 5.83. The van der Waals surface area contributed by atoms with Crippen LogP contribution in [0.2, 0.25) is 0 Å². The fourth-order valence-corrected chi connectivity index (χ4v) is 2.79. The highest BCUT2D eigenvalue weighted by Crippen LogP contribution is 2.33. The van der Waals surface area contributed by atoms with Crippen molar-refractivity contribution in [2.45, 2.75) is 32.5 Å². The van der Waals surface area contributed by atoms with Gasteiger partial charge in [0.25, 0.3) is 5.56 Å². The Morgan fingerprint density at radius 3 is 2.62 bits per heavy atom. The zero-order valence-corrected chi connectivity index (χ0v) is 13.7. The number of aryl methyl sites for hydroxylation is 1.